The average Bonchev–Trinajstić information content (AvgIpc) is 2.43. The van der Waals surface area contributed by atoms with Crippen LogP contribution < -0.4 is 14.8 Å². The molecule has 1 aromatic carbocycles. The first-order chi connectivity index (χ1) is 9.95. The first-order valence-electron chi connectivity index (χ1n) is 6.99. The molecule has 2 rings (SSSR count). The number of rotatable bonds is 4. The van der Waals surface area contributed by atoms with Crippen LogP contribution in [0.5, 0.6) is 0 Å². The third-order valence-electron chi connectivity index (χ3n) is 3.51. The van der Waals surface area contributed by atoms with Gasteiger partial charge in [-0.05, 0) is 37.1 Å². The molecule has 4 nitrogen and oxygen atoms in total. The Labute approximate surface area is 126 Å². The van der Waals surface area contributed by atoms with Gasteiger partial charge < -0.3 is 10.2 Å². The molecule has 1 heterocycles. The van der Waals surface area contributed by atoms with Crippen LogP contribution in [0.1, 0.15) is 11.1 Å². The summed E-state index contributed by atoms with van der Waals surface area (Å²) in [7, 11) is 3.98. The van der Waals surface area contributed by atoms with E-state index in [1.54, 1.807) is 0 Å². The fourth-order valence-corrected chi connectivity index (χ4v) is 2.04. The SMILES string of the molecule is Cc1ccc(NC(=O)C[n+]2ccc(N(C)C)cc2)cc1C. The molecule has 0 aliphatic heterocycles. The maximum atomic E-state index is 12.1. The molecule has 0 unspecified atom stereocenters. The number of hydrogen-bond acceptors (Lipinski definition) is 2. The molecule has 0 radical (unpaired) electrons. The van der Waals surface area contributed by atoms with Gasteiger partial charge in [-0.1, -0.05) is 6.07 Å². The highest BCUT2D eigenvalue weighted by molar-refractivity contribution is 5.89. The van der Waals surface area contributed by atoms with E-state index in [4.69, 9.17) is 0 Å². The lowest BCUT2D eigenvalue weighted by Crippen LogP contribution is -2.39. The van der Waals surface area contributed by atoms with Crippen molar-refractivity contribution in [1.29, 1.82) is 0 Å². The van der Waals surface area contributed by atoms with Crippen molar-refractivity contribution in [3.05, 3.63) is 53.9 Å². The Morgan fingerprint density at radius 1 is 1.10 bits per heavy atom. The molecule has 4 heteroatoms. The van der Waals surface area contributed by atoms with Crippen molar-refractivity contribution >= 4 is 17.3 Å². The second kappa shape index (κ2) is 6.39. The zero-order valence-electron chi connectivity index (χ0n) is 13.1. The lowest BCUT2D eigenvalue weighted by Gasteiger charge is -2.10. The monoisotopic (exact) mass is 284 g/mol. The molecular formula is C17H22N3O+. The minimum absolute atomic E-state index is 0.0270. The second-order valence-electron chi connectivity index (χ2n) is 5.47. The number of amides is 1. The van der Waals surface area contributed by atoms with Gasteiger partial charge in [-0.2, -0.15) is 4.57 Å². The molecule has 0 saturated heterocycles. The lowest BCUT2D eigenvalue weighted by atomic mass is 10.1. The zero-order chi connectivity index (χ0) is 15.4. The molecule has 0 aliphatic carbocycles. The lowest BCUT2D eigenvalue weighted by molar-refractivity contribution is -0.684. The van der Waals surface area contributed by atoms with Gasteiger partial charge in [0.15, 0.2) is 12.4 Å². The third kappa shape index (κ3) is 4.05. The predicted molar refractivity (Wildman–Crippen MR) is 85.5 cm³/mol. The Morgan fingerprint density at radius 3 is 2.33 bits per heavy atom. The maximum Gasteiger partial charge on any atom is 0.290 e. The number of pyridine rings is 1. The number of aromatic nitrogens is 1. The summed E-state index contributed by atoms with van der Waals surface area (Å²) in [4.78, 5) is 14.1. The molecule has 1 amide bonds. The van der Waals surface area contributed by atoms with Gasteiger partial charge in [-0.15, -0.1) is 0 Å². The fourth-order valence-electron chi connectivity index (χ4n) is 2.04. The largest absolute Gasteiger partial charge is 0.377 e. The van der Waals surface area contributed by atoms with Crippen LogP contribution in [0.3, 0.4) is 0 Å². The minimum atomic E-state index is -0.0270. The second-order valence-corrected chi connectivity index (χ2v) is 5.47. The Kier molecular flexibility index (Phi) is 4.58. The zero-order valence-corrected chi connectivity index (χ0v) is 13.1. The van der Waals surface area contributed by atoms with Crippen molar-refractivity contribution in [3.63, 3.8) is 0 Å². The molecule has 2 aromatic rings. The maximum absolute atomic E-state index is 12.1. The van der Waals surface area contributed by atoms with E-state index in [2.05, 4.69) is 12.2 Å². The van der Waals surface area contributed by atoms with Crippen LogP contribution in [0.2, 0.25) is 0 Å². The van der Waals surface area contributed by atoms with E-state index in [1.165, 1.54) is 11.1 Å². The molecule has 21 heavy (non-hydrogen) atoms. The van der Waals surface area contributed by atoms with Crippen LogP contribution >= 0.6 is 0 Å². The molecule has 110 valence electrons. The van der Waals surface area contributed by atoms with Crippen LogP contribution in [-0.2, 0) is 11.3 Å². The van der Waals surface area contributed by atoms with Crippen molar-refractivity contribution in [1.82, 2.24) is 0 Å². The van der Waals surface area contributed by atoms with E-state index in [0.717, 1.165) is 11.4 Å². The van der Waals surface area contributed by atoms with Crippen LogP contribution in [-0.4, -0.2) is 20.0 Å². The van der Waals surface area contributed by atoms with Crippen LogP contribution in [0.25, 0.3) is 0 Å². The van der Waals surface area contributed by atoms with Crippen molar-refractivity contribution in [3.8, 4) is 0 Å². The summed E-state index contributed by atoms with van der Waals surface area (Å²) in [5.41, 5.74) is 4.35. The highest BCUT2D eigenvalue weighted by atomic mass is 16.1. The summed E-state index contributed by atoms with van der Waals surface area (Å²) in [6, 6.07) is 9.92. The van der Waals surface area contributed by atoms with Gasteiger partial charge in [0.05, 0.1) is 0 Å². The number of hydrogen-bond donors (Lipinski definition) is 1. The Morgan fingerprint density at radius 2 is 1.76 bits per heavy atom. The van der Waals surface area contributed by atoms with Gasteiger partial charge in [0.2, 0.25) is 6.54 Å². The number of nitrogens with zero attached hydrogens (tertiary/aromatic N) is 2. The van der Waals surface area contributed by atoms with Gasteiger partial charge in [-0.25, -0.2) is 0 Å². The minimum Gasteiger partial charge on any atom is -0.377 e. The average molecular weight is 284 g/mol. The fraction of sp³-hybridized carbons (Fsp3) is 0.294. The van der Waals surface area contributed by atoms with E-state index in [-0.39, 0.29) is 5.91 Å². The Hall–Kier alpha value is -2.36. The predicted octanol–water partition coefficient (Wildman–Crippen LogP) is 2.30. The first kappa shape index (κ1) is 15.0. The van der Waals surface area contributed by atoms with Crippen molar-refractivity contribution in [2.75, 3.05) is 24.3 Å². The molecule has 0 saturated carbocycles. The quantitative estimate of drug-likeness (QED) is 0.875. The van der Waals surface area contributed by atoms with E-state index >= 15 is 0 Å². The van der Waals surface area contributed by atoms with Crippen molar-refractivity contribution in [2.24, 2.45) is 0 Å². The van der Waals surface area contributed by atoms with E-state index < -0.39 is 0 Å². The number of anilines is 2. The van der Waals surface area contributed by atoms with Crippen LogP contribution in [0.4, 0.5) is 11.4 Å². The van der Waals surface area contributed by atoms with Gasteiger partial charge in [0.25, 0.3) is 5.91 Å². The molecule has 0 atom stereocenters. The molecule has 0 bridgehead atoms. The smallest absolute Gasteiger partial charge is 0.290 e. The summed E-state index contributed by atoms with van der Waals surface area (Å²) in [5, 5.41) is 2.93. The Bertz CT molecular complexity index is 633. The van der Waals surface area contributed by atoms with Crippen molar-refractivity contribution < 1.29 is 9.36 Å². The van der Waals surface area contributed by atoms with E-state index in [1.807, 2.05) is 73.2 Å². The number of carbonyl (C=O) groups excluding carboxylic acids is 1. The van der Waals surface area contributed by atoms with E-state index in [9.17, 15) is 4.79 Å². The van der Waals surface area contributed by atoms with Gasteiger partial charge in [-0.3, -0.25) is 4.79 Å². The van der Waals surface area contributed by atoms with Crippen LogP contribution in [0.15, 0.2) is 42.7 Å². The van der Waals surface area contributed by atoms with E-state index in [0.29, 0.717) is 6.54 Å². The summed E-state index contributed by atoms with van der Waals surface area (Å²) in [6.07, 6.45) is 3.82. The van der Waals surface area contributed by atoms with Crippen molar-refractivity contribution in [2.45, 2.75) is 20.4 Å². The van der Waals surface area contributed by atoms with Gasteiger partial charge in [0, 0.05) is 37.6 Å². The van der Waals surface area contributed by atoms with Gasteiger partial charge >= 0.3 is 0 Å². The molecule has 1 aromatic heterocycles. The summed E-state index contributed by atoms with van der Waals surface area (Å²) in [6.45, 7) is 4.41. The number of benzene rings is 1. The summed E-state index contributed by atoms with van der Waals surface area (Å²) >= 11 is 0. The number of carbonyl (C=O) groups is 1. The first-order valence-corrected chi connectivity index (χ1v) is 6.99. The standard InChI is InChI=1S/C17H21N3O/c1-13-5-6-15(11-14(13)2)18-17(21)12-20-9-7-16(8-10-20)19(3)4/h5-11H,12H2,1-4H3/p+1. The molecule has 1 N–H and O–H groups in total. The number of aryl methyl sites for hydroxylation is 2. The molecular weight excluding hydrogens is 262 g/mol. The molecule has 0 aliphatic rings. The molecule has 0 spiro atoms. The highest BCUT2D eigenvalue weighted by Crippen LogP contribution is 2.14. The topological polar surface area (TPSA) is 36.2 Å². The normalized spacial score (nSPS) is 10.3. The van der Waals surface area contributed by atoms with Gasteiger partial charge in [0.1, 0.15) is 0 Å². The summed E-state index contributed by atoms with van der Waals surface area (Å²) < 4.78 is 1.86. The third-order valence-corrected chi connectivity index (χ3v) is 3.51. The molecule has 0 fully saturated rings. The van der Waals surface area contributed by atoms with Crippen LogP contribution in [0, 0.1) is 13.8 Å². The highest BCUT2D eigenvalue weighted by Gasteiger charge is 2.10. The Balaban J connectivity index is 1.99. The number of nitrogens with one attached hydrogen (secondary N) is 1. The summed E-state index contributed by atoms with van der Waals surface area (Å²) in [5.74, 6) is -0.0270.